The second-order valence-corrected chi connectivity index (χ2v) is 7.19. The number of aliphatic hydroxyl groups is 1. The third-order valence-corrected chi connectivity index (χ3v) is 6.10. The number of hydrogen-bond acceptors (Lipinski definition) is 3. The summed E-state index contributed by atoms with van der Waals surface area (Å²) in [4.78, 5) is 10.8. The number of halogens is 3. The van der Waals surface area contributed by atoms with Gasteiger partial charge in [0.1, 0.15) is 0 Å². The molecule has 1 aromatic carbocycles. The normalized spacial score (nSPS) is 13.4. The molecule has 2 atom stereocenters. The summed E-state index contributed by atoms with van der Waals surface area (Å²) in [5, 5.41) is 26.5. The van der Waals surface area contributed by atoms with Crippen LogP contribution in [0.2, 0.25) is 4.71 Å². The molecule has 2 N–H and O–H groups in total. The molecule has 4 nitrogen and oxygen atoms in total. The molecule has 1 rings (SSSR count). The van der Waals surface area contributed by atoms with Crippen LogP contribution in [0.3, 0.4) is 0 Å². The summed E-state index contributed by atoms with van der Waals surface area (Å²) in [6.07, 6.45) is -4.67. The Bertz CT molecular complexity index is 566. The molecule has 0 aliphatic heterocycles. The number of hydrogen-bond donors (Lipinski definition) is 2. The van der Waals surface area contributed by atoms with Gasteiger partial charge in [-0.15, -0.1) is 0 Å². The molecule has 20 heavy (non-hydrogen) atoms. The van der Waals surface area contributed by atoms with Crippen molar-refractivity contribution in [1.29, 1.82) is 5.26 Å². The fourth-order valence-electron chi connectivity index (χ4n) is 1.70. The molecule has 0 fully saturated rings. The first-order valence-corrected chi connectivity index (χ1v) is 7.69. The minimum absolute atomic E-state index is 0.128. The van der Waals surface area contributed by atoms with Crippen molar-refractivity contribution in [3.05, 3.63) is 28.8 Å². The summed E-state index contributed by atoms with van der Waals surface area (Å²) >= 11 is -1.50. The molecule has 0 radical (unpaired) electrons. The second kappa shape index (κ2) is 6.29. The van der Waals surface area contributed by atoms with E-state index < -0.39 is 50.3 Å². The van der Waals surface area contributed by atoms with E-state index in [-0.39, 0.29) is 9.91 Å². The van der Waals surface area contributed by atoms with Crippen molar-refractivity contribution in [3.63, 3.8) is 0 Å². The van der Waals surface area contributed by atoms with Gasteiger partial charge in [-0.05, 0) is 0 Å². The molecule has 0 aliphatic carbocycles. The molecule has 0 saturated heterocycles. The van der Waals surface area contributed by atoms with Crippen LogP contribution in [-0.2, 0) is 11.0 Å². The number of nitrogens with zero attached hydrogens (tertiary/aromatic N) is 1. The van der Waals surface area contributed by atoms with E-state index in [1.54, 1.807) is 0 Å². The van der Waals surface area contributed by atoms with Gasteiger partial charge >= 0.3 is 119 Å². The van der Waals surface area contributed by atoms with Gasteiger partial charge in [0, 0.05) is 0 Å². The fourth-order valence-corrected chi connectivity index (χ4v) is 4.03. The van der Waals surface area contributed by atoms with Gasteiger partial charge in [-0.3, -0.25) is 0 Å². The number of benzene rings is 1. The van der Waals surface area contributed by atoms with Gasteiger partial charge in [-0.25, -0.2) is 0 Å². The fraction of sp³-hybridized carbons (Fsp3) is 0.333. The zero-order valence-corrected chi connectivity index (χ0v) is 12.4. The molecule has 1 unspecified atom stereocenters. The molecule has 1 aromatic rings. The Balaban J connectivity index is 3.32. The summed E-state index contributed by atoms with van der Waals surface area (Å²) in [7, 11) is 0. The number of alkyl halides is 3. The van der Waals surface area contributed by atoms with Crippen molar-refractivity contribution in [1.82, 2.24) is 0 Å². The zero-order valence-electron chi connectivity index (χ0n) is 10.3. The predicted octanol–water partition coefficient (Wildman–Crippen LogP) is 0.813. The number of rotatable bonds is 4. The number of carboxylic acid groups (broad SMARTS) is 1. The quantitative estimate of drug-likeness (QED) is 0.622. The van der Waals surface area contributed by atoms with Gasteiger partial charge in [-0.2, -0.15) is 0 Å². The Morgan fingerprint density at radius 1 is 1.50 bits per heavy atom. The van der Waals surface area contributed by atoms with Crippen LogP contribution >= 0.6 is 0 Å². The second-order valence-electron chi connectivity index (χ2n) is 3.99. The maximum atomic E-state index is 13.0. The average molecular weight is 350 g/mol. The van der Waals surface area contributed by atoms with Crippen LogP contribution in [0.15, 0.2) is 12.1 Å². The molecule has 8 heteroatoms. The molecule has 0 amide bonds. The van der Waals surface area contributed by atoms with Crippen molar-refractivity contribution < 1.29 is 28.2 Å². The number of aliphatic hydroxyl groups excluding tert-OH is 1. The van der Waals surface area contributed by atoms with Gasteiger partial charge in [-0.1, -0.05) is 0 Å². The average Bonchev–Trinajstić information content (AvgIpc) is 2.34. The van der Waals surface area contributed by atoms with Crippen LogP contribution in [0.4, 0.5) is 13.2 Å². The van der Waals surface area contributed by atoms with E-state index in [4.69, 9.17) is 15.5 Å². The van der Waals surface area contributed by atoms with Gasteiger partial charge < -0.3 is 0 Å². The van der Waals surface area contributed by atoms with Crippen molar-refractivity contribution >= 4 is 26.1 Å². The van der Waals surface area contributed by atoms with Crippen LogP contribution in [0, 0.1) is 18.3 Å². The Kier molecular flexibility index (Phi) is 5.20. The van der Waals surface area contributed by atoms with E-state index >= 15 is 0 Å². The van der Waals surface area contributed by atoms with Crippen molar-refractivity contribution in [2.24, 2.45) is 0 Å². The summed E-state index contributed by atoms with van der Waals surface area (Å²) in [5.74, 6) is -1.23. The van der Waals surface area contributed by atoms with E-state index in [9.17, 15) is 18.0 Å². The first kappa shape index (κ1) is 16.5. The first-order valence-electron chi connectivity index (χ1n) is 5.43. The standard InChI is InChI=1S/C12H11AsF3NO3/c1-6-8(13-9(5-18)11(19)20)3-2-7(4-17)10(6)12(14,15)16/h2-3,9,13,18H,5H2,1H3,(H,19,20)/t9-/m1/s1/i11+1. The van der Waals surface area contributed by atoms with Crippen molar-refractivity contribution in [2.45, 2.75) is 17.8 Å². The summed E-state index contributed by atoms with van der Waals surface area (Å²) in [6, 6.07) is 3.88. The zero-order chi connectivity index (χ0) is 15.5. The molecular formula is C12H11AsF3NO3. The Morgan fingerprint density at radius 2 is 2.10 bits per heavy atom. The first-order chi connectivity index (χ1) is 9.22. The van der Waals surface area contributed by atoms with Crippen molar-refractivity contribution in [2.75, 3.05) is 6.61 Å². The number of carbonyl (C=O) groups is 1. The van der Waals surface area contributed by atoms with E-state index in [2.05, 4.69) is 0 Å². The molecular weight excluding hydrogens is 339 g/mol. The maximum absolute atomic E-state index is 13.0. The Labute approximate surface area is 119 Å². The summed E-state index contributed by atoms with van der Waals surface area (Å²) < 4.78 is 38.1. The topological polar surface area (TPSA) is 81.3 Å². The Hall–Kier alpha value is -1.51. The summed E-state index contributed by atoms with van der Waals surface area (Å²) in [5.41, 5.74) is -1.64. The third kappa shape index (κ3) is 3.53. The molecule has 0 aromatic heterocycles. The van der Waals surface area contributed by atoms with Crippen LogP contribution in [-0.4, -0.2) is 38.5 Å². The van der Waals surface area contributed by atoms with E-state index in [1.165, 1.54) is 19.1 Å². The van der Waals surface area contributed by atoms with Gasteiger partial charge in [0.2, 0.25) is 0 Å². The molecule has 0 bridgehead atoms. The number of carboxylic acids is 1. The molecule has 0 aliphatic rings. The monoisotopic (exact) mass is 350 g/mol. The Morgan fingerprint density at radius 3 is 2.50 bits per heavy atom. The van der Waals surface area contributed by atoms with E-state index in [1.807, 2.05) is 0 Å². The molecule has 108 valence electrons. The number of aliphatic carboxylic acids is 1. The van der Waals surface area contributed by atoms with Gasteiger partial charge in [0.25, 0.3) is 0 Å². The number of nitriles is 1. The van der Waals surface area contributed by atoms with Crippen molar-refractivity contribution in [3.8, 4) is 6.07 Å². The predicted molar refractivity (Wildman–Crippen MR) is 66.2 cm³/mol. The summed E-state index contributed by atoms with van der Waals surface area (Å²) in [6.45, 7) is 0.606. The van der Waals surface area contributed by atoms with Crippen LogP contribution < -0.4 is 4.35 Å². The van der Waals surface area contributed by atoms with Gasteiger partial charge in [0.15, 0.2) is 0 Å². The van der Waals surface area contributed by atoms with E-state index in [0.29, 0.717) is 0 Å². The van der Waals surface area contributed by atoms with Crippen LogP contribution in [0.1, 0.15) is 16.7 Å². The molecule has 0 spiro atoms. The van der Waals surface area contributed by atoms with Gasteiger partial charge in [0.05, 0.1) is 0 Å². The third-order valence-electron chi connectivity index (χ3n) is 2.68. The molecule has 0 heterocycles. The minimum atomic E-state index is -4.67. The van der Waals surface area contributed by atoms with Crippen LogP contribution in [0.25, 0.3) is 0 Å². The van der Waals surface area contributed by atoms with Crippen LogP contribution in [0.5, 0.6) is 0 Å². The SMILES string of the molecule is Cc1c([AsH][C@H](CO)[13C](=O)O)ccc(C#N)c1C(F)(F)F. The molecule has 0 saturated carbocycles. The van der Waals surface area contributed by atoms with E-state index in [0.717, 1.165) is 6.07 Å².